The van der Waals surface area contributed by atoms with Crippen LogP contribution in [-0.2, 0) is 16.0 Å². The molecule has 1 heterocycles. The fraction of sp³-hybridized carbons (Fsp3) is 0.385. The van der Waals surface area contributed by atoms with Gasteiger partial charge in [-0.25, -0.2) is 9.37 Å². The van der Waals surface area contributed by atoms with Crippen LogP contribution in [0.3, 0.4) is 0 Å². The highest BCUT2D eigenvalue weighted by atomic mass is 32.1. The number of aromatic nitrogens is 1. The number of fused-ring (bicyclic) bond motifs is 1. The van der Waals surface area contributed by atoms with E-state index < -0.39 is 24.5 Å². The second-order valence-electron chi connectivity index (χ2n) is 5.56. The van der Waals surface area contributed by atoms with Gasteiger partial charge < -0.3 is 14.8 Å². The van der Waals surface area contributed by atoms with E-state index in [0.29, 0.717) is 5.01 Å². The van der Waals surface area contributed by atoms with Crippen LogP contribution in [0.15, 0.2) is 12.1 Å². The molecule has 0 fully saturated rings. The van der Waals surface area contributed by atoms with E-state index >= 15 is 0 Å². The Hall–Kier alpha value is -1.51. The highest BCUT2D eigenvalue weighted by molar-refractivity contribution is 7.18. The van der Waals surface area contributed by atoms with Gasteiger partial charge >= 0.3 is 13.1 Å². The van der Waals surface area contributed by atoms with Crippen molar-refractivity contribution in [3.8, 4) is 0 Å². The van der Waals surface area contributed by atoms with Crippen LogP contribution in [-0.4, -0.2) is 33.7 Å². The molecule has 0 aliphatic rings. The Bertz CT molecular complexity index is 681. The van der Waals surface area contributed by atoms with Crippen LogP contribution >= 0.6 is 11.3 Å². The highest BCUT2D eigenvalue weighted by Crippen LogP contribution is 2.25. The van der Waals surface area contributed by atoms with Gasteiger partial charge in [0.1, 0.15) is 16.4 Å². The van der Waals surface area contributed by atoms with E-state index in [0.717, 1.165) is 17.4 Å². The predicted molar refractivity (Wildman–Crippen MR) is 79.0 cm³/mol. The summed E-state index contributed by atoms with van der Waals surface area (Å²) in [6, 6.07) is 2.41. The van der Waals surface area contributed by atoms with Crippen LogP contribution in [0.25, 0.3) is 10.2 Å². The summed E-state index contributed by atoms with van der Waals surface area (Å²) in [5.74, 6) is -0.976. The van der Waals surface area contributed by atoms with E-state index in [1.807, 2.05) is 0 Å². The fourth-order valence-electron chi connectivity index (χ4n) is 1.82. The van der Waals surface area contributed by atoms with E-state index in [4.69, 9.17) is 4.74 Å². The van der Waals surface area contributed by atoms with E-state index in [1.54, 1.807) is 20.8 Å². The van der Waals surface area contributed by atoms with E-state index in [-0.39, 0.29) is 22.1 Å². The van der Waals surface area contributed by atoms with Gasteiger partial charge in [-0.3, -0.25) is 4.79 Å². The molecule has 8 heteroatoms. The summed E-state index contributed by atoms with van der Waals surface area (Å²) in [4.78, 5) is 15.9. The molecular weight excluding hydrogens is 296 g/mol. The van der Waals surface area contributed by atoms with Gasteiger partial charge in [0.05, 0.1) is 16.6 Å². The van der Waals surface area contributed by atoms with Crippen LogP contribution in [0.4, 0.5) is 4.39 Å². The summed E-state index contributed by atoms with van der Waals surface area (Å²) < 4.78 is 19.1. The quantitative estimate of drug-likeness (QED) is 0.653. The van der Waals surface area contributed by atoms with Gasteiger partial charge in [0.2, 0.25) is 0 Å². The number of carbonyl (C=O) groups excluding carboxylic acids is 1. The molecule has 2 N–H and O–H groups in total. The summed E-state index contributed by atoms with van der Waals surface area (Å²) in [7, 11) is -1.75. The van der Waals surface area contributed by atoms with Crippen LogP contribution < -0.4 is 5.46 Å². The zero-order valence-electron chi connectivity index (χ0n) is 11.9. The number of halogens is 1. The molecule has 0 aliphatic carbocycles. The van der Waals surface area contributed by atoms with Gasteiger partial charge in [0, 0.05) is 5.46 Å². The third-order valence-electron chi connectivity index (χ3n) is 2.56. The number of hydrogen-bond donors (Lipinski definition) is 2. The number of benzene rings is 1. The topological polar surface area (TPSA) is 79.7 Å². The summed E-state index contributed by atoms with van der Waals surface area (Å²) in [5.41, 5.74) is -0.336. The molecule has 0 aliphatic heterocycles. The Kier molecular flexibility index (Phi) is 4.31. The van der Waals surface area contributed by atoms with E-state index in [1.165, 1.54) is 6.07 Å². The molecule has 1 aromatic heterocycles. The molecule has 0 atom stereocenters. The molecule has 0 saturated carbocycles. The monoisotopic (exact) mass is 311 g/mol. The molecule has 0 radical (unpaired) electrons. The second kappa shape index (κ2) is 5.71. The average Bonchev–Trinajstić information content (AvgIpc) is 2.70. The lowest BCUT2D eigenvalue weighted by Gasteiger charge is -2.18. The summed E-state index contributed by atoms with van der Waals surface area (Å²) >= 11 is 1.00. The Balaban J connectivity index is 2.33. The summed E-state index contributed by atoms with van der Waals surface area (Å²) in [6.07, 6.45) is -0.0863. The first-order valence-electron chi connectivity index (χ1n) is 6.33. The van der Waals surface area contributed by atoms with Crippen molar-refractivity contribution in [2.45, 2.75) is 32.8 Å². The Morgan fingerprint density at radius 1 is 1.43 bits per heavy atom. The maximum Gasteiger partial charge on any atom is 0.490 e. The van der Waals surface area contributed by atoms with Crippen molar-refractivity contribution in [1.29, 1.82) is 0 Å². The number of rotatable bonds is 3. The molecule has 2 aromatic rings. The first-order chi connectivity index (χ1) is 9.67. The number of thiazole rings is 1. The van der Waals surface area contributed by atoms with Crippen LogP contribution in [0.5, 0.6) is 0 Å². The fourth-order valence-corrected chi connectivity index (χ4v) is 2.81. The third kappa shape index (κ3) is 3.78. The lowest BCUT2D eigenvalue weighted by atomic mass is 9.79. The van der Waals surface area contributed by atoms with Crippen molar-refractivity contribution in [2.24, 2.45) is 0 Å². The van der Waals surface area contributed by atoms with Crippen LogP contribution in [0.1, 0.15) is 25.8 Å². The maximum absolute atomic E-state index is 13.7. The second-order valence-corrected chi connectivity index (χ2v) is 6.64. The minimum Gasteiger partial charge on any atom is -0.460 e. The standard InChI is InChI=1S/C13H15BFNO4S/c1-13(2,3)20-10(17)6-9-16-11-7(14(18)19)4-5-8(15)12(11)21-9/h4-5,18-19H,6H2,1-3H3. The molecule has 21 heavy (non-hydrogen) atoms. The molecule has 112 valence electrons. The van der Waals surface area contributed by atoms with Gasteiger partial charge in [-0.2, -0.15) is 0 Å². The van der Waals surface area contributed by atoms with Gasteiger partial charge in [-0.1, -0.05) is 6.07 Å². The summed E-state index contributed by atoms with van der Waals surface area (Å²) in [6.45, 7) is 5.26. The molecule has 0 bridgehead atoms. The third-order valence-corrected chi connectivity index (χ3v) is 3.63. The average molecular weight is 311 g/mol. The molecule has 2 rings (SSSR count). The first-order valence-corrected chi connectivity index (χ1v) is 7.15. The Morgan fingerprint density at radius 2 is 2.10 bits per heavy atom. The smallest absolute Gasteiger partial charge is 0.460 e. The van der Waals surface area contributed by atoms with E-state index in [2.05, 4.69) is 4.98 Å². The van der Waals surface area contributed by atoms with Crippen LogP contribution in [0, 0.1) is 5.82 Å². The number of esters is 1. The zero-order valence-corrected chi connectivity index (χ0v) is 12.7. The van der Waals surface area contributed by atoms with Crippen molar-refractivity contribution in [3.05, 3.63) is 23.0 Å². The maximum atomic E-state index is 13.7. The lowest BCUT2D eigenvalue weighted by molar-refractivity contribution is -0.153. The molecule has 5 nitrogen and oxygen atoms in total. The number of hydrogen-bond acceptors (Lipinski definition) is 6. The predicted octanol–water partition coefficient (Wildman–Crippen LogP) is 0.999. The lowest BCUT2D eigenvalue weighted by Crippen LogP contribution is -2.30. The Labute approximate surface area is 125 Å². The van der Waals surface area contributed by atoms with Gasteiger partial charge in [0.25, 0.3) is 0 Å². The van der Waals surface area contributed by atoms with Crippen LogP contribution in [0.2, 0.25) is 0 Å². The highest BCUT2D eigenvalue weighted by Gasteiger charge is 2.22. The number of nitrogens with zero attached hydrogens (tertiary/aromatic N) is 1. The molecule has 0 amide bonds. The number of carbonyl (C=O) groups is 1. The minimum atomic E-state index is -1.75. The molecule has 0 saturated heterocycles. The zero-order chi connectivity index (χ0) is 15.8. The van der Waals surface area contributed by atoms with Gasteiger partial charge in [0.15, 0.2) is 0 Å². The largest absolute Gasteiger partial charge is 0.490 e. The normalized spacial score (nSPS) is 11.7. The molecular formula is C13H15BFNO4S. The molecule has 0 spiro atoms. The number of ether oxygens (including phenoxy) is 1. The first kappa shape index (κ1) is 15.9. The molecule has 1 aromatic carbocycles. The van der Waals surface area contributed by atoms with Gasteiger partial charge in [-0.15, -0.1) is 11.3 Å². The minimum absolute atomic E-state index is 0.0863. The van der Waals surface area contributed by atoms with Crippen molar-refractivity contribution in [1.82, 2.24) is 4.98 Å². The van der Waals surface area contributed by atoms with Crippen molar-refractivity contribution < 1.29 is 24.0 Å². The van der Waals surface area contributed by atoms with Gasteiger partial charge in [-0.05, 0) is 26.8 Å². The SMILES string of the molecule is CC(C)(C)OC(=O)Cc1nc2c(B(O)O)ccc(F)c2s1. The van der Waals surface area contributed by atoms with Crippen molar-refractivity contribution >= 4 is 40.1 Å². The summed E-state index contributed by atoms with van der Waals surface area (Å²) in [5, 5.41) is 18.9. The van der Waals surface area contributed by atoms with Crippen molar-refractivity contribution in [3.63, 3.8) is 0 Å². The Morgan fingerprint density at radius 3 is 2.67 bits per heavy atom. The van der Waals surface area contributed by atoms with Crippen molar-refractivity contribution in [2.75, 3.05) is 0 Å². The van der Waals surface area contributed by atoms with E-state index in [9.17, 15) is 19.2 Å². The molecule has 0 unspecified atom stereocenters.